The summed E-state index contributed by atoms with van der Waals surface area (Å²) in [7, 11) is 2.07. The Labute approximate surface area is 92.1 Å². The lowest BCUT2D eigenvalue weighted by Crippen LogP contribution is -2.44. The van der Waals surface area contributed by atoms with Crippen molar-refractivity contribution in [2.75, 3.05) is 38.1 Å². The molecule has 0 amide bonds. The van der Waals surface area contributed by atoms with Crippen molar-refractivity contribution in [3.8, 4) is 0 Å². The number of carboxylic acid groups (broad SMARTS) is 1. The fraction of sp³-hybridized carbons (Fsp3) is 0.556. The average Bonchev–Trinajstić information content (AvgIpc) is 2.67. The van der Waals surface area contributed by atoms with Gasteiger partial charge in [0.25, 0.3) is 0 Å². The molecule has 2 heterocycles. The largest absolute Gasteiger partial charge is 0.477 e. The lowest BCUT2D eigenvalue weighted by atomic mass is 10.3. The van der Waals surface area contributed by atoms with E-state index in [-0.39, 0.29) is 0 Å². The summed E-state index contributed by atoms with van der Waals surface area (Å²) in [5, 5.41) is 8.97. The van der Waals surface area contributed by atoms with Gasteiger partial charge < -0.3 is 14.9 Å². The fourth-order valence-electron chi connectivity index (χ4n) is 1.66. The molecule has 1 aliphatic rings. The van der Waals surface area contributed by atoms with Crippen LogP contribution in [0, 0.1) is 0 Å². The van der Waals surface area contributed by atoms with Crippen LogP contribution in [0.4, 0.5) is 5.69 Å². The van der Waals surface area contributed by atoms with Gasteiger partial charge in [-0.3, -0.25) is 0 Å². The second-order valence-corrected chi connectivity index (χ2v) is 4.44. The van der Waals surface area contributed by atoms with E-state index in [4.69, 9.17) is 5.11 Å². The van der Waals surface area contributed by atoms with Gasteiger partial charge in [-0.25, -0.2) is 4.79 Å². The highest BCUT2D eigenvalue weighted by atomic mass is 32.1. The standard InChI is InChI=1S/C9H13N3O2S/c1-11-2-4-12(5-3-11)7-6-10-15-8(7)9(13)14/h6H,2-5H2,1H3,(H,13,14). The second kappa shape index (κ2) is 4.16. The SMILES string of the molecule is CN1CCN(c2cnsc2C(=O)O)CC1. The maximum atomic E-state index is 10.9. The van der Waals surface area contributed by atoms with Crippen molar-refractivity contribution >= 4 is 23.2 Å². The Balaban J connectivity index is 2.15. The van der Waals surface area contributed by atoms with Crippen LogP contribution in [0.3, 0.4) is 0 Å². The van der Waals surface area contributed by atoms with E-state index in [2.05, 4.69) is 21.2 Å². The van der Waals surface area contributed by atoms with E-state index in [1.54, 1.807) is 6.20 Å². The van der Waals surface area contributed by atoms with Crippen LogP contribution in [0.15, 0.2) is 6.20 Å². The molecule has 1 saturated heterocycles. The van der Waals surface area contributed by atoms with Crippen LogP contribution >= 0.6 is 11.5 Å². The number of hydrogen-bond donors (Lipinski definition) is 1. The van der Waals surface area contributed by atoms with Crippen molar-refractivity contribution in [2.24, 2.45) is 0 Å². The first kappa shape index (κ1) is 10.4. The minimum absolute atomic E-state index is 0.347. The predicted octanol–water partition coefficient (Wildman–Crippen LogP) is 0.593. The molecule has 82 valence electrons. The molecule has 0 unspecified atom stereocenters. The van der Waals surface area contributed by atoms with Gasteiger partial charge in [0, 0.05) is 26.2 Å². The van der Waals surface area contributed by atoms with Gasteiger partial charge >= 0.3 is 5.97 Å². The average molecular weight is 227 g/mol. The van der Waals surface area contributed by atoms with Crippen LogP contribution in [0.5, 0.6) is 0 Å². The summed E-state index contributed by atoms with van der Waals surface area (Å²) in [5.74, 6) is -0.883. The number of aromatic carboxylic acids is 1. The van der Waals surface area contributed by atoms with Gasteiger partial charge in [-0.05, 0) is 18.6 Å². The zero-order valence-electron chi connectivity index (χ0n) is 8.51. The molecule has 0 spiro atoms. The van der Waals surface area contributed by atoms with Crippen LogP contribution in [-0.2, 0) is 0 Å². The van der Waals surface area contributed by atoms with E-state index in [0.717, 1.165) is 43.4 Å². The number of nitrogens with zero attached hydrogens (tertiary/aromatic N) is 3. The molecule has 2 rings (SSSR count). The molecule has 6 heteroatoms. The number of hydrogen-bond acceptors (Lipinski definition) is 5. The van der Waals surface area contributed by atoms with E-state index in [9.17, 15) is 4.79 Å². The number of carboxylic acids is 1. The monoisotopic (exact) mass is 227 g/mol. The van der Waals surface area contributed by atoms with Crippen molar-refractivity contribution in [1.29, 1.82) is 0 Å². The van der Waals surface area contributed by atoms with Crippen LogP contribution in [-0.4, -0.2) is 53.6 Å². The molecule has 5 nitrogen and oxygen atoms in total. The number of anilines is 1. The number of rotatable bonds is 2. The Kier molecular flexibility index (Phi) is 2.88. The summed E-state index contributed by atoms with van der Waals surface area (Å²) in [5.41, 5.74) is 0.764. The molecule has 1 aromatic heterocycles. The fourth-order valence-corrected chi connectivity index (χ4v) is 2.27. The Morgan fingerprint density at radius 3 is 2.73 bits per heavy atom. The summed E-state index contributed by atoms with van der Waals surface area (Å²) >= 11 is 1.05. The Morgan fingerprint density at radius 1 is 1.47 bits per heavy atom. The van der Waals surface area contributed by atoms with Crippen molar-refractivity contribution in [3.05, 3.63) is 11.1 Å². The van der Waals surface area contributed by atoms with E-state index in [1.807, 2.05) is 0 Å². The summed E-state index contributed by atoms with van der Waals surface area (Å²) in [4.78, 5) is 15.6. The van der Waals surface area contributed by atoms with Gasteiger partial charge in [0.2, 0.25) is 0 Å². The van der Waals surface area contributed by atoms with Gasteiger partial charge in [-0.1, -0.05) is 0 Å². The number of aromatic nitrogens is 1. The normalized spacial score (nSPS) is 18.1. The first-order valence-corrected chi connectivity index (χ1v) is 5.57. The number of piperazine rings is 1. The van der Waals surface area contributed by atoms with Crippen molar-refractivity contribution in [2.45, 2.75) is 0 Å². The molecule has 0 aliphatic carbocycles. The first-order valence-electron chi connectivity index (χ1n) is 4.80. The molecule has 1 N–H and O–H groups in total. The number of carbonyl (C=O) groups is 1. The molecule has 0 atom stereocenters. The minimum atomic E-state index is -0.883. The van der Waals surface area contributed by atoms with Gasteiger partial charge in [0.15, 0.2) is 4.88 Å². The third kappa shape index (κ3) is 2.10. The molecule has 1 aromatic rings. The zero-order valence-corrected chi connectivity index (χ0v) is 9.33. The molecule has 0 saturated carbocycles. The van der Waals surface area contributed by atoms with Crippen molar-refractivity contribution in [3.63, 3.8) is 0 Å². The topological polar surface area (TPSA) is 56.7 Å². The molecular weight excluding hydrogens is 214 g/mol. The second-order valence-electron chi connectivity index (χ2n) is 3.64. The number of likely N-dealkylation sites (N-methyl/N-ethyl adjacent to an activating group) is 1. The van der Waals surface area contributed by atoms with Crippen LogP contribution in [0.25, 0.3) is 0 Å². The zero-order chi connectivity index (χ0) is 10.8. The van der Waals surface area contributed by atoms with Crippen molar-refractivity contribution in [1.82, 2.24) is 9.27 Å². The van der Waals surface area contributed by atoms with Gasteiger partial charge in [-0.15, -0.1) is 0 Å². The minimum Gasteiger partial charge on any atom is -0.477 e. The third-order valence-corrected chi connectivity index (χ3v) is 3.37. The van der Waals surface area contributed by atoms with Gasteiger partial charge in [-0.2, -0.15) is 4.37 Å². The highest BCUT2D eigenvalue weighted by Gasteiger charge is 2.21. The lowest BCUT2D eigenvalue weighted by Gasteiger charge is -2.33. The highest BCUT2D eigenvalue weighted by Crippen LogP contribution is 2.24. The maximum Gasteiger partial charge on any atom is 0.349 e. The van der Waals surface area contributed by atoms with Crippen LogP contribution < -0.4 is 4.90 Å². The predicted molar refractivity (Wildman–Crippen MR) is 58.8 cm³/mol. The quantitative estimate of drug-likeness (QED) is 0.801. The van der Waals surface area contributed by atoms with E-state index >= 15 is 0 Å². The molecule has 1 fully saturated rings. The lowest BCUT2D eigenvalue weighted by molar-refractivity contribution is 0.0702. The summed E-state index contributed by atoms with van der Waals surface area (Å²) in [6.07, 6.45) is 1.65. The molecule has 0 bridgehead atoms. The Hall–Kier alpha value is -1.14. The van der Waals surface area contributed by atoms with Crippen LogP contribution in [0.1, 0.15) is 9.67 Å². The van der Waals surface area contributed by atoms with Gasteiger partial charge in [0.05, 0.1) is 11.9 Å². The molecular formula is C9H13N3O2S. The van der Waals surface area contributed by atoms with E-state index in [1.165, 1.54) is 0 Å². The molecule has 15 heavy (non-hydrogen) atoms. The van der Waals surface area contributed by atoms with E-state index in [0.29, 0.717) is 4.88 Å². The Bertz CT molecular complexity index is 358. The van der Waals surface area contributed by atoms with Crippen LogP contribution in [0.2, 0.25) is 0 Å². The summed E-state index contributed by atoms with van der Waals surface area (Å²) in [6.45, 7) is 3.67. The molecule has 0 aromatic carbocycles. The maximum absolute atomic E-state index is 10.9. The molecule has 0 radical (unpaired) electrons. The van der Waals surface area contributed by atoms with Gasteiger partial charge in [0.1, 0.15) is 0 Å². The van der Waals surface area contributed by atoms with E-state index < -0.39 is 5.97 Å². The van der Waals surface area contributed by atoms with Crippen molar-refractivity contribution < 1.29 is 9.90 Å². The Morgan fingerprint density at radius 2 is 2.13 bits per heavy atom. The first-order chi connectivity index (χ1) is 7.18. The summed E-state index contributed by atoms with van der Waals surface area (Å²) in [6, 6.07) is 0. The molecule has 1 aliphatic heterocycles. The smallest absolute Gasteiger partial charge is 0.349 e. The summed E-state index contributed by atoms with van der Waals surface area (Å²) < 4.78 is 3.94. The third-order valence-electron chi connectivity index (χ3n) is 2.59. The highest BCUT2D eigenvalue weighted by molar-refractivity contribution is 7.08.